The van der Waals surface area contributed by atoms with Crippen LogP contribution >= 0.6 is 0 Å². The Morgan fingerprint density at radius 1 is 1.67 bits per heavy atom. The van der Waals surface area contributed by atoms with E-state index in [1.165, 1.54) is 6.08 Å². The van der Waals surface area contributed by atoms with Gasteiger partial charge >= 0.3 is 0 Å². The van der Waals surface area contributed by atoms with Crippen molar-refractivity contribution in [1.29, 1.82) is 5.26 Å². The Bertz CT molecular complexity index is 311. The summed E-state index contributed by atoms with van der Waals surface area (Å²) in [7, 11) is 0. The summed E-state index contributed by atoms with van der Waals surface area (Å²) in [4.78, 5) is 0. The molecule has 2 nitrogen and oxygen atoms in total. The fourth-order valence-corrected chi connectivity index (χ4v) is 1.33. The maximum atomic E-state index is 9.46. The van der Waals surface area contributed by atoms with Crippen LogP contribution in [0.2, 0.25) is 0 Å². The van der Waals surface area contributed by atoms with Crippen molar-refractivity contribution in [3.63, 3.8) is 0 Å². The molecule has 0 spiro atoms. The average Bonchev–Trinajstić information content (AvgIpc) is 2.32. The number of rotatable bonds is 0. The third-order valence-corrected chi connectivity index (χ3v) is 1.82. The Balaban J connectivity index is 3.11. The number of hydrogen-bond acceptors (Lipinski definition) is 2. The van der Waals surface area contributed by atoms with Crippen molar-refractivity contribution in [2.45, 2.75) is 20.0 Å². The summed E-state index contributed by atoms with van der Waals surface area (Å²) in [6.45, 7) is 3.85. The average molecular weight is 161 g/mol. The fraction of sp³-hybridized carbons (Fsp3) is 0.300. The van der Waals surface area contributed by atoms with Crippen LogP contribution in [-0.2, 0) is 0 Å². The van der Waals surface area contributed by atoms with Crippen molar-refractivity contribution >= 4 is 0 Å². The van der Waals surface area contributed by atoms with Crippen LogP contribution in [0.4, 0.5) is 0 Å². The highest BCUT2D eigenvalue weighted by Gasteiger charge is 2.17. The summed E-state index contributed by atoms with van der Waals surface area (Å²) in [6, 6.07) is 1.96. The van der Waals surface area contributed by atoms with Gasteiger partial charge in [0.05, 0.1) is 12.2 Å². The molecule has 0 aliphatic heterocycles. The van der Waals surface area contributed by atoms with E-state index < -0.39 is 6.10 Å². The van der Waals surface area contributed by atoms with Gasteiger partial charge in [-0.1, -0.05) is 17.7 Å². The maximum absolute atomic E-state index is 9.46. The lowest BCUT2D eigenvalue weighted by molar-refractivity contribution is 0.265. The lowest BCUT2D eigenvalue weighted by Gasteiger charge is -2.07. The van der Waals surface area contributed by atoms with Gasteiger partial charge in [-0.2, -0.15) is 5.26 Å². The molecule has 2 heteroatoms. The molecular weight excluding hydrogens is 150 g/mol. The predicted octanol–water partition coefficient (Wildman–Crippen LogP) is 1.70. The van der Waals surface area contributed by atoms with E-state index >= 15 is 0 Å². The van der Waals surface area contributed by atoms with E-state index in [9.17, 15) is 5.11 Å². The van der Waals surface area contributed by atoms with Gasteiger partial charge in [0.2, 0.25) is 0 Å². The number of nitriles is 1. The molecule has 1 aliphatic carbocycles. The van der Waals surface area contributed by atoms with Crippen LogP contribution in [0.25, 0.3) is 0 Å². The zero-order valence-electron chi connectivity index (χ0n) is 7.20. The van der Waals surface area contributed by atoms with E-state index in [0.717, 1.165) is 16.7 Å². The molecule has 62 valence electrons. The van der Waals surface area contributed by atoms with Crippen LogP contribution in [0, 0.1) is 11.3 Å². The molecule has 0 saturated heterocycles. The first kappa shape index (κ1) is 8.76. The third kappa shape index (κ3) is 1.46. The van der Waals surface area contributed by atoms with Crippen LogP contribution in [0.1, 0.15) is 13.8 Å². The Morgan fingerprint density at radius 3 is 2.83 bits per heavy atom. The minimum absolute atomic E-state index is 0.533. The smallest absolute Gasteiger partial charge is 0.0980 e. The highest BCUT2D eigenvalue weighted by Crippen LogP contribution is 2.26. The van der Waals surface area contributed by atoms with E-state index in [-0.39, 0.29) is 0 Å². The Morgan fingerprint density at radius 2 is 2.33 bits per heavy atom. The van der Waals surface area contributed by atoms with Crippen LogP contribution in [0.15, 0.2) is 34.9 Å². The quantitative estimate of drug-likeness (QED) is 0.549. The van der Waals surface area contributed by atoms with Gasteiger partial charge in [0.15, 0.2) is 0 Å². The molecule has 0 fully saturated rings. The van der Waals surface area contributed by atoms with Crippen molar-refractivity contribution in [1.82, 2.24) is 0 Å². The highest BCUT2D eigenvalue weighted by molar-refractivity contribution is 5.53. The molecule has 1 N–H and O–H groups in total. The van der Waals surface area contributed by atoms with Gasteiger partial charge in [-0.25, -0.2) is 0 Å². The SMILES string of the molecule is CC(C)=C1/C(=C\C#N)C=CC1O. The van der Waals surface area contributed by atoms with Gasteiger partial charge in [0.25, 0.3) is 0 Å². The second-order valence-electron chi connectivity index (χ2n) is 2.95. The largest absolute Gasteiger partial charge is 0.384 e. The first-order valence-corrected chi connectivity index (χ1v) is 3.80. The lowest BCUT2D eigenvalue weighted by atomic mass is 10.0. The summed E-state index contributed by atoms with van der Waals surface area (Å²) in [5, 5.41) is 17.9. The fourth-order valence-electron chi connectivity index (χ4n) is 1.33. The van der Waals surface area contributed by atoms with Crippen molar-refractivity contribution in [2.75, 3.05) is 0 Å². The Kier molecular flexibility index (Phi) is 2.47. The summed E-state index contributed by atoms with van der Waals surface area (Å²) < 4.78 is 0. The van der Waals surface area contributed by atoms with Gasteiger partial charge in [-0.05, 0) is 25.0 Å². The van der Waals surface area contributed by atoms with Crippen molar-refractivity contribution in [3.8, 4) is 6.07 Å². The predicted molar refractivity (Wildman–Crippen MR) is 47.2 cm³/mol. The number of nitrogens with zero attached hydrogens (tertiary/aromatic N) is 1. The van der Waals surface area contributed by atoms with Gasteiger partial charge in [0.1, 0.15) is 0 Å². The first-order chi connectivity index (χ1) is 5.66. The van der Waals surface area contributed by atoms with E-state index in [1.54, 1.807) is 12.2 Å². The summed E-state index contributed by atoms with van der Waals surface area (Å²) in [6.07, 6.45) is 4.38. The van der Waals surface area contributed by atoms with Crippen molar-refractivity contribution in [2.24, 2.45) is 0 Å². The number of aliphatic hydroxyl groups excluding tert-OH is 1. The summed E-state index contributed by atoms with van der Waals surface area (Å²) >= 11 is 0. The molecule has 1 atom stereocenters. The summed E-state index contributed by atoms with van der Waals surface area (Å²) in [5.41, 5.74) is 2.73. The molecule has 0 aromatic rings. The molecule has 1 aliphatic rings. The number of allylic oxidation sites excluding steroid dienone is 3. The maximum Gasteiger partial charge on any atom is 0.0980 e. The number of hydrogen-bond donors (Lipinski definition) is 1. The molecule has 1 rings (SSSR count). The topological polar surface area (TPSA) is 44.0 Å². The zero-order valence-corrected chi connectivity index (χ0v) is 7.20. The van der Waals surface area contributed by atoms with Crippen LogP contribution in [0.3, 0.4) is 0 Å². The van der Waals surface area contributed by atoms with E-state index in [4.69, 9.17) is 5.26 Å². The minimum atomic E-state index is -0.533. The minimum Gasteiger partial charge on any atom is -0.384 e. The third-order valence-electron chi connectivity index (χ3n) is 1.82. The molecule has 0 aromatic carbocycles. The number of aliphatic hydroxyl groups is 1. The van der Waals surface area contributed by atoms with E-state index in [0.29, 0.717) is 0 Å². The monoisotopic (exact) mass is 161 g/mol. The molecule has 0 amide bonds. The molecule has 0 bridgehead atoms. The molecule has 1 unspecified atom stereocenters. The second kappa shape index (κ2) is 3.38. The van der Waals surface area contributed by atoms with E-state index in [2.05, 4.69) is 0 Å². The molecule has 0 radical (unpaired) electrons. The molecule has 0 heterocycles. The van der Waals surface area contributed by atoms with Gasteiger partial charge < -0.3 is 5.11 Å². The Hall–Kier alpha value is -1.33. The van der Waals surface area contributed by atoms with Gasteiger partial charge in [-0.3, -0.25) is 0 Å². The highest BCUT2D eigenvalue weighted by atomic mass is 16.3. The molecule has 0 aromatic heterocycles. The van der Waals surface area contributed by atoms with E-state index in [1.807, 2.05) is 19.9 Å². The molecule has 0 saturated carbocycles. The molecule has 12 heavy (non-hydrogen) atoms. The van der Waals surface area contributed by atoms with Crippen molar-refractivity contribution in [3.05, 3.63) is 34.9 Å². The standard InChI is InChI=1S/C10H11NO/c1-7(2)10-8(5-6-11)3-4-9(10)12/h3-5,9,12H,1-2H3/b8-5-. The van der Waals surface area contributed by atoms with Crippen LogP contribution < -0.4 is 0 Å². The van der Waals surface area contributed by atoms with Crippen LogP contribution in [0.5, 0.6) is 0 Å². The zero-order chi connectivity index (χ0) is 9.14. The summed E-state index contributed by atoms with van der Waals surface area (Å²) in [5.74, 6) is 0. The van der Waals surface area contributed by atoms with Gasteiger partial charge in [-0.15, -0.1) is 0 Å². The second-order valence-corrected chi connectivity index (χ2v) is 2.95. The van der Waals surface area contributed by atoms with Gasteiger partial charge in [0, 0.05) is 6.08 Å². The first-order valence-electron chi connectivity index (χ1n) is 3.80. The molecular formula is C10H11NO. The van der Waals surface area contributed by atoms with Crippen LogP contribution in [-0.4, -0.2) is 11.2 Å². The normalized spacial score (nSPS) is 24.7. The van der Waals surface area contributed by atoms with Crippen molar-refractivity contribution < 1.29 is 5.11 Å². The Labute approximate surface area is 72.1 Å². The lowest BCUT2D eigenvalue weighted by Crippen LogP contribution is -2.03.